The van der Waals surface area contributed by atoms with Gasteiger partial charge in [0.1, 0.15) is 5.69 Å². The molecule has 0 unspecified atom stereocenters. The Morgan fingerprint density at radius 2 is 2.04 bits per heavy atom. The molecule has 4 aliphatic rings. The molecule has 1 aliphatic carbocycles. The van der Waals surface area contributed by atoms with Crippen molar-refractivity contribution < 1.29 is 4.79 Å². The molecule has 23 heavy (non-hydrogen) atoms. The Labute approximate surface area is 138 Å². The van der Waals surface area contributed by atoms with E-state index in [4.69, 9.17) is 0 Å². The van der Waals surface area contributed by atoms with E-state index in [0.717, 1.165) is 24.7 Å². The SMILES string of the molecule is Cc1cccc(C(=O)N2C[C@H]3CC[C@@H](C2)N(CC2CCC2)C3)n1. The molecule has 3 aliphatic heterocycles. The Hall–Kier alpha value is -1.42. The smallest absolute Gasteiger partial charge is 0.272 e. The molecule has 2 bridgehead atoms. The highest BCUT2D eigenvalue weighted by Crippen LogP contribution is 2.33. The van der Waals surface area contributed by atoms with E-state index in [-0.39, 0.29) is 5.91 Å². The summed E-state index contributed by atoms with van der Waals surface area (Å²) in [6.07, 6.45) is 6.75. The second-order valence-corrected chi connectivity index (χ2v) is 7.72. The topological polar surface area (TPSA) is 36.4 Å². The lowest BCUT2D eigenvalue weighted by atomic mass is 9.83. The van der Waals surface area contributed by atoms with E-state index < -0.39 is 0 Å². The molecule has 4 heteroatoms. The fraction of sp³-hybridized carbons (Fsp3) is 0.684. The maximum Gasteiger partial charge on any atom is 0.272 e. The molecule has 4 heterocycles. The summed E-state index contributed by atoms with van der Waals surface area (Å²) in [5.74, 6) is 1.68. The zero-order valence-corrected chi connectivity index (χ0v) is 14.1. The van der Waals surface area contributed by atoms with Crippen LogP contribution in [0.5, 0.6) is 0 Å². The number of fused-ring (bicyclic) bond motifs is 4. The third-order valence-electron chi connectivity index (χ3n) is 5.94. The van der Waals surface area contributed by atoms with E-state index in [1.165, 1.54) is 45.2 Å². The summed E-state index contributed by atoms with van der Waals surface area (Å²) in [5.41, 5.74) is 1.53. The van der Waals surface area contributed by atoms with Crippen LogP contribution in [0.2, 0.25) is 0 Å². The molecule has 4 fully saturated rings. The van der Waals surface area contributed by atoms with Gasteiger partial charge in [0, 0.05) is 37.9 Å². The van der Waals surface area contributed by atoms with Gasteiger partial charge in [0.15, 0.2) is 0 Å². The van der Waals surface area contributed by atoms with Crippen LogP contribution in [0.15, 0.2) is 18.2 Å². The van der Waals surface area contributed by atoms with E-state index in [1.807, 2.05) is 25.1 Å². The average Bonchev–Trinajstić information content (AvgIpc) is 2.82. The zero-order valence-electron chi connectivity index (χ0n) is 14.1. The lowest BCUT2D eigenvalue weighted by molar-refractivity contribution is 0.0712. The van der Waals surface area contributed by atoms with Gasteiger partial charge in [-0.15, -0.1) is 0 Å². The van der Waals surface area contributed by atoms with Crippen LogP contribution in [0.4, 0.5) is 0 Å². The van der Waals surface area contributed by atoms with Gasteiger partial charge in [-0.1, -0.05) is 12.5 Å². The third kappa shape index (κ3) is 3.14. The van der Waals surface area contributed by atoms with Crippen molar-refractivity contribution in [2.45, 2.75) is 45.1 Å². The van der Waals surface area contributed by atoms with Crippen LogP contribution in [0.3, 0.4) is 0 Å². The minimum absolute atomic E-state index is 0.121. The highest BCUT2D eigenvalue weighted by atomic mass is 16.2. The summed E-state index contributed by atoms with van der Waals surface area (Å²) in [6, 6.07) is 6.30. The Kier molecular flexibility index (Phi) is 4.10. The highest BCUT2D eigenvalue weighted by Gasteiger charge is 2.38. The summed E-state index contributed by atoms with van der Waals surface area (Å²) in [6.45, 7) is 6.19. The van der Waals surface area contributed by atoms with Crippen LogP contribution < -0.4 is 0 Å². The fourth-order valence-electron chi connectivity index (χ4n) is 4.40. The summed E-state index contributed by atoms with van der Waals surface area (Å²) in [5, 5.41) is 0. The maximum atomic E-state index is 12.9. The number of aryl methyl sites for hydroxylation is 1. The van der Waals surface area contributed by atoms with Gasteiger partial charge in [0.25, 0.3) is 5.91 Å². The molecule has 1 aromatic rings. The quantitative estimate of drug-likeness (QED) is 0.861. The highest BCUT2D eigenvalue weighted by molar-refractivity contribution is 5.92. The van der Waals surface area contributed by atoms with Crippen LogP contribution in [0.1, 0.15) is 48.3 Å². The molecular weight excluding hydrogens is 286 g/mol. The number of nitrogens with zero attached hydrogens (tertiary/aromatic N) is 3. The lowest BCUT2D eigenvalue weighted by Gasteiger charge is -2.40. The summed E-state index contributed by atoms with van der Waals surface area (Å²) in [7, 11) is 0. The summed E-state index contributed by atoms with van der Waals surface area (Å²) < 4.78 is 0. The van der Waals surface area contributed by atoms with Gasteiger partial charge in [-0.3, -0.25) is 9.69 Å². The molecule has 2 atom stereocenters. The fourth-order valence-corrected chi connectivity index (χ4v) is 4.40. The first-order chi connectivity index (χ1) is 11.2. The average molecular weight is 313 g/mol. The molecular formula is C19H27N3O. The molecule has 1 amide bonds. The third-order valence-corrected chi connectivity index (χ3v) is 5.94. The standard InChI is InChI=1S/C19H27N3O/c1-14-4-2-7-18(20-14)19(23)22-12-16-8-9-17(13-22)21(11-16)10-15-5-3-6-15/h2,4,7,15-17H,3,5-6,8-13H2,1H3/t16-,17-/m0/s1. The van der Waals surface area contributed by atoms with Crippen LogP contribution in [-0.4, -0.2) is 52.9 Å². The number of aromatic nitrogens is 1. The number of pyridine rings is 1. The predicted molar refractivity (Wildman–Crippen MR) is 90.3 cm³/mol. The van der Waals surface area contributed by atoms with Crippen molar-refractivity contribution in [3.8, 4) is 0 Å². The molecule has 0 aromatic carbocycles. The molecule has 0 spiro atoms. The van der Waals surface area contributed by atoms with Crippen LogP contribution >= 0.6 is 0 Å². The summed E-state index contributed by atoms with van der Waals surface area (Å²) in [4.78, 5) is 22.1. The number of piperidine rings is 1. The molecule has 1 saturated carbocycles. The Morgan fingerprint density at radius 3 is 2.78 bits per heavy atom. The Morgan fingerprint density at radius 1 is 1.17 bits per heavy atom. The van der Waals surface area contributed by atoms with Gasteiger partial charge in [0.2, 0.25) is 0 Å². The normalized spacial score (nSPS) is 28.5. The molecule has 4 nitrogen and oxygen atoms in total. The van der Waals surface area contributed by atoms with Gasteiger partial charge in [0.05, 0.1) is 0 Å². The van der Waals surface area contributed by atoms with Crippen molar-refractivity contribution in [3.05, 3.63) is 29.6 Å². The van der Waals surface area contributed by atoms with Gasteiger partial charge in [-0.25, -0.2) is 4.98 Å². The molecule has 1 aromatic heterocycles. The second-order valence-electron chi connectivity index (χ2n) is 7.72. The van der Waals surface area contributed by atoms with Crippen molar-refractivity contribution in [2.24, 2.45) is 11.8 Å². The molecule has 0 N–H and O–H groups in total. The Balaban J connectivity index is 1.47. The number of carbonyl (C=O) groups is 1. The van der Waals surface area contributed by atoms with E-state index in [9.17, 15) is 4.79 Å². The van der Waals surface area contributed by atoms with E-state index in [0.29, 0.717) is 17.7 Å². The first-order valence-corrected chi connectivity index (χ1v) is 9.16. The van der Waals surface area contributed by atoms with Crippen LogP contribution in [0.25, 0.3) is 0 Å². The van der Waals surface area contributed by atoms with Gasteiger partial charge < -0.3 is 4.90 Å². The van der Waals surface area contributed by atoms with Crippen molar-refractivity contribution >= 4 is 5.91 Å². The Bertz CT molecular complexity index is 584. The van der Waals surface area contributed by atoms with Gasteiger partial charge in [-0.2, -0.15) is 0 Å². The van der Waals surface area contributed by atoms with Crippen molar-refractivity contribution in [2.75, 3.05) is 26.2 Å². The van der Waals surface area contributed by atoms with Crippen LogP contribution in [-0.2, 0) is 0 Å². The first-order valence-electron chi connectivity index (χ1n) is 9.16. The van der Waals surface area contributed by atoms with Crippen molar-refractivity contribution in [1.82, 2.24) is 14.8 Å². The molecule has 124 valence electrons. The van der Waals surface area contributed by atoms with Gasteiger partial charge >= 0.3 is 0 Å². The number of hydrogen-bond acceptors (Lipinski definition) is 3. The monoisotopic (exact) mass is 313 g/mol. The largest absolute Gasteiger partial charge is 0.335 e. The number of carbonyl (C=O) groups excluding carboxylic acids is 1. The molecule has 5 rings (SSSR count). The number of hydrogen-bond donors (Lipinski definition) is 0. The van der Waals surface area contributed by atoms with E-state index in [2.05, 4.69) is 14.8 Å². The number of amides is 1. The van der Waals surface area contributed by atoms with Gasteiger partial charge in [-0.05, 0) is 56.6 Å². The van der Waals surface area contributed by atoms with E-state index >= 15 is 0 Å². The molecule has 3 saturated heterocycles. The minimum Gasteiger partial charge on any atom is -0.335 e. The zero-order chi connectivity index (χ0) is 15.8. The summed E-state index contributed by atoms with van der Waals surface area (Å²) >= 11 is 0. The van der Waals surface area contributed by atoms with Crippen LogP contribution in [0, 0.1) is 18.8 Å². The second kappa shape index (κ2) is 6.23. The van der Waals surface area contributed by atoms with Crippen molar-refractivity contribution in [3.63, 3.8) is 0 Å². The maximum absolute atomic E-state index is 12.9. The molecule has 0 radical (unpaired) electrons. The van der Waals surface area contributed by atoms with E-state index in [1.54, 1.807) is 0 Å². The minimum atomic E-state index is 0.121. The van der Waals surface area contributed by atoms with Crippen molar-refractivity contribution in [1.29, 1.82) is 0 Å². The lowest BCUT2D eigenvalue weighted by Crippen LogP contribution is -2.47. The number of rotatable bonds is 3. The first kappa shape index (κ1) is 15.1. The predicted octanol–water partition coefficient (Wildman–Crippen LogP) is 2.73.